The normalized spacial score (nSPS) is 11.8. The van der Waals surface area contributed by atoms with Crippen LogP contribution in [-0.4, -0.2) is 27.4 Å². The molecule has 0 unspecified atom stereocenters. The maximum absolute atomic E-state index is 9.54. The molecule has 0 aliphatic heterocycles. The lowest BCUT2D eigenvalue weighted by molar-refractivity contribution is 0.422. The highest BCUT2D eigenvalue weighted by Crippen LogP contribution is 2.33. The van der Waals surface area contributed by atoms with E-state index in [0.717, 1.165) is 35.0 Å². The van der Waals surface area contributed by atoms with E-state index in [2.05, 4.69) is 36.3 Å². The zero-order chi connectivity index (χ0) is 15.5. The highest BCUT2D eigenvalue weighted by atomic mass is 35.5. The zero-order valence-electron chi connectivity index (χ0n) is 12.5. The number of aromatic hydroxyl groups is 1. The molecule has 0 radical (unpaired) electrons. The maximum Gasteiger partial charge on any atom is 0.149 e. The van der Waals surface area contributed by atoms with E-state index in [1.54, 1.807) is 18.2 Å². The summed E-state index contributed by atoms with van der Waals surface area (Å²) in [5, 5.41) is 23.7. The fourth-order valence-electron chi connectivity index (χ4n) is 1.84. The van der Waals surface area contributed by atoms with Gasteiger partial charge >= 0.3 is 0 Å². The van der Waals surface area contributed by atoms with Crippen LogP contribution < -0.4 is 5.32 Å². The minimum Gasteiger partial charge on any atom is -0.508 e. The molecule has 1 aromatic heterocycles. The molecule has 2 rings (SSSR count). The van der Waals surface area contributed by atoms with Crippen LogP contribution in [0.15, 0.2) is 18.2 Å². The summed E-state index contributed by atoms with van der Waals surface area (Å²) in [6.07, 6.45) is 1.90. The number of hydrogen-bond donors (Lipinski definition) is 2. The molecule has 4 nitrogen and oxygen atoms in total. The predicted molar refractivity (Wildman–Crippen MR) is 88.1 cm³/mol. The first-order valence-corrected chi connectivity index (χ1v) is 8.11. The monoisotopic (exact) mass is 325 g/mol. The van der Waals surface area contributed by atoms with Crippen LogP contribution in [0.4, 0.5) is 0 Å². The van der Waals surface area contributed by atoms with Crippen LogP contribution in [0.25, 0.3) is 10.6 Å². The molecule has 0 aliphatic rings. The lowest BCUT2D eigenvalue weighted by atomic mass is 10.1. The third-order valence-electron chi connectivity index (χ3n) is 2.87. The summed E-state index contributed by atoms with van der Waals surface area (Å²) < 4.78 is 0. The Morgan fingerprint density at radius 1 is 1.29 bits per heavy atom. The van der Waals surface area contributed by atoms with E-state index in [0.29, 0.717) is 5.02 Å². The van der Waals surface area contributed by atoms with Crippen LogP contribution in [0.2, 0.25) is 5.02 Å². The number of aromatic nitrogens is 2. The van der Waals surface area contributed by atoms with Crippen molar-refractivity contribution in [2.45, 2.75) is 39.2 Å². The van der Waals surface area contributed by atoms with Gasteiger partial charge < -0.3 is 10.4 Å². The summed E-state index contributed by atoms with van der Waals surface area (Å²) in [6, 6.07) is 4.85. The van der Waals surface area contributed by atoms with Gasteiger partial charge in [-0.25, -0.2) is 0 Å². The van der Waals surface area contributed by atoms with Gasteiger partial charge in [-0.15, -0.1) is 10.2 Å². The van der Waals surface area contributed by atoms with Crippen molar-refractivity contribution in [2.24, 2.45) is 0 Å². The van der Waals surface area contributed by atoms with Crippen molar-refractivity contribution in [3.8, 4) is 16.3 Å². The number of halogens is 1. The Kier molecular flexibility index (Phi) is 5.19. The van der Waals surface area contributed by atoms with E-state index < -0.39 is 0 Å². The highest BCUT2D eigenvalue weighted by Gasteiger charge is 2.12. The number of phenols is 1. The number of nitrogens with one attached hydrogen (secondary N) is 1. The fourth-order valence-corrected chi connectivity index (χ4v) is 3.02. The van der Waals surface area contributed by atoms with Crippen LogP contribution in [0.1, 0.15) is 32.2 Å². The summed E-state index contributed by atoms with van der Waals surface area (Å²) >= 11 is 7.66. The second kappa shape index (κ2) is 6.73. The molecule has 0 bridgehead atoms. The van der Waals surface area contributed by atoms with E-state index in [4.69, 9.17) is 11.6 Å². The van der Waals surface area contributed by atoms with Gasteiger partial charge in [0.1, 0.15) is 15.8 Å². The van der Waals surface area contributed by atoms with Gasteiger partial charge in [-0.2, -0.15) is 0 Å². The van der Waals surface area contributed by atoms with Crippen molar-refractivity contribution in [3.05, 3.63) is 28.2 Å². The zero-order valence-corrected chi connectivity index (χ0v) is 14.1. The van der Waals surface area contributed by atoms with Gasteiger partial charge in [0.15, 0.2) is 0 Å². The number of hydrogen-bond acceptors (Lipinski definition) is 5. The summed E-state index contributed by atoms with van der Waals surface area (Å²) in [5.74, 6) is 0.181. The van der Waals surface area contributed by atoms with Crippen LogP contribution in [-0.2, 0) is 6.42 Å². The highest BCUT2D eigenvalue weighted by molar-refractivity contribution is 7.14. The van der Waals surface area contributed by atoms with Gasteiger partial charge in [-0.3, -0.25) is 0 Å². The average molecular weight is 326 g/mol. The standard InChI is InChI=1S/C15H20ClN3OS/c1-15(2,3)17-8-4-5-13-18-19-14(21-13)11-9-10(20)6-7-12(11)16/h6-7,9,17,20H,4-5,8H2,1-3H3. The average Bonchev–Trinajstić information content (AvgIpc) is 2.85. The van der Waals surface area contributed by atoms with Gasteiger partial charge in [0.2, 0.25) is 0 Å². The second-order valence-corrected chi connectivity index (χ2v) is 7.41. The second-order valence-electron chi connectivity index (χ2n) is 5.95. The molecule has 2 N–H and O–H groups in total. The summed E-state index contributed by atoms with van der Waals surface area (Å²) in [7, 11) is 0. The summed E-state index contributed by atoms with van der Waals surface area (Å²) in [5.41, 5.74) is 0.870. The molecule has 0 saturated carbocycles. The first-order chi connectivity index (χ1) is 9.85. The van der Waals surface area contributed by atoms with Gasteiger partial charge in [0.25, 0.3) is 0 Å². The van der Waals surface area contributed by atoms with Crippen molar-refractivity contribution >= 4 is 22.9 Å². The Morgan fingerprint density at radius 2 is 2.05 bits per heavy atom. The van der Waals surface area contributed by atoms with Gasteiger partial charge in [0.05, 0.1) is 5.02 Å². The number of benzene rings is 1. The van der Waals surface area contributed by atoms with Crippen molar-refractivity contribution in [1.82, 2.24) is 15.5 Å². The molecule has 0 spiro atoms. The molecule has 114 valence electrons. The quantitative estimate of drug-likeness (QED) is 0.819. The third-order valence-corrected chi connectivity index (χ3v) is 4.22. The van der Waals surface area contributed by atoms with Gasteiger partial charge in [-0.05, 0) is 51.9 Å². The molecule has 0 saturated heterocycles. The smallest absolute Gasteiger partial charge is 0.149 e. The Hall–Kier alpha value is -1.17. The van der Waals surface area contributed by atoms with E-state index in [1.807, 2.05) is 0 Å². The lowest BCUT2D eigenvalue weighted by Gasteiger charge is -2.20. The third kappa shape index (κ3) is 4.95. The molecular formula is C15H20ClN3OS. The molecule has 6 heteroatoms. The largest absolute Gasteiger partial charge is 0.508 e. The minimum atomic E-state index is 0.140. The van der Waals surface area contributed by atoms with Crippen molar-refractivity contribution in [3.63, 3.8) is 0 Å². The van der Waals surface area contributed by atoms with Crippen molar-refractivity contribution < 1.29 is 5.11 Å². The molecule has 0 amide bonds. The van der Waals surface area contributed by atoms with Crippen LogP contribution in [0.3, 0.4) is 0 Å². The molecule has 0 fully saturated rings. The van der Waals surface area contributed by atoms with Gasteiger partial charge in [0, 0.05) is 17.5 Å². The first kappa shape index (κ1) is 16.2. The minimum absolute atomic E-state index is 0.140. The molecular weight excluding hydrogens is 306 g/mol. The maximum atomic E-state index is 9.54. The summed E-state index contributed by atoms with van der Waals surface area (Å²) in [4.78, 5) is 0. The van der Waals surface area contributed by atoms with E-state index in [1.165, 1.54) is 11.3 Å². The predicted octanol–water partition coefficient (Wildman–Crippen LogP) is 3.88. The summed E-state index contributed by atoms with van der Waals surface area (Å²) in [6.45, 7) is 7.41. The topological polar surface area (TPSA) is 58.0 Å². The fraction of sp³-hybridized carbons (Fsp3) is 0.467. The Labute approximate surface area is 134 Å². The van der Waals surface area contributed by atoms with E-state index >= 15 is 0 Å². The Bertz CT molecular complexity index is 607. The van der Waals surface area contributed by atoms with Crippen LogP contribution >= 0.6 is 22.9 Å². The lowest BCUT2D eigenvalue weighted by Crippen LogP contribution is -2.36. The number of aryl methyl sites for hydroxylation is 1. The van der Waals surface area contributed by atoms with E-state index in [-0.39, 0.29) is 11.3 Å². The SMILES string of the molecule is CC(C)(C)NCCCc1nnc(-c2cc(O)ccc2Cl)s1. The number of phenolic OH excluding ortho intramolecular Hbond substituents is 1. The van der Waals surface area contributed by atoms with Crippen molar-refractivity contribution in [1.29, 1.82) is 0 Å². The number of rotatable bonds is 5. The molecule has 1 heterocycles. The van der Waals surface area contributed by atoms with Crippen molar-refractivity contribution in [2.75, 3.05) is 6.54 Å². The molecule has 2 aromatic rings. The molecule has 0 aliphatic carbocycles. The Balaban J connectivity index is 1.97. The Morgan fingerprint density at radius 3 is 2.76 bits per heavy atom. The molecule has 1 aromatic carbocycles. The van der Waals surface area contributed by atoms with Crippen LogP contribution in [0.5, 0.6) is 5.75 Å². The van der Waals surface area contributed by atoms with Gasteiger partial charge in [-0.1, -0.05) is 22.9 Å². The van der Waals surface area contributed by atoms with Crippen LogP contribution in [0, 0.1) is 0 Å². The molecule has 0 atom stereocenters. The van der Waals surface area contributed by atoms with E-state index in [9.17, 15) is 5.11 Å². The number of nitrogens with zero attached hydrogens (tertiary/aromatic N) is 2. The molecule has 21 heavy (non-hydrogen) atoms. The first-order valence-electron chi connectivity index (χ1n) is 6.91.